The first kappa shape index (κ1) is 20.8. The first-order valence-electron chi connectivity index (χ1n) is 10.2. The van der Waals surface area contributed by atoms with Gasteiger partial charge in [0.2, 0.25) is 0 Å². The van der Waals surface area contributed by atoms with Crippen LogP contribution in [0.3, 0.4) is 0 Å². The zero-order valence-electron chi connectivity index (χ0n) is 17.4. The van der Waals surface area contributed by atoms with Crippen molar-refractivity contribution in [2.24, 2.45) is 0 Å². The Hall–Kier alpha value is -3.45. The maximum atomic E-state index is 12.0. The fraction of sp³-hybridized carbons (Fsp3) is 0.208. The Labute approximate surface area is 184 Å². The number of hydrogen-bond donors (Lipinski definition) is 1. The second kappa shape index (κ2) is 9.57. The van der Waals surface area contributed by atoms with E-state index in [2.05, 4.69) is 20.7 Å². The van der Waals surface area contributed by atoms with Crippen LogP contribution >= 0.6 is 11.3 Å². The molecule has 0 aliphatic rings. The Balaban J connectivity index is 1.61. The van der Waals surface area contributed by atoms with Crippen LogP contribution < -0.4 is 10.1 Å². The van der Waals surface area contributed by atoms with Gasteiger partial charge >= 0.3 is 5.97 Å². The van der Waals surface area contributed by atoms with Crippen molar-refractivity contribution in [1.82, 2.24) is 9.97 Å². The third kappa shape index (κ3) is 4.67. The van der Waals surface area contributed by atoms with Gasteiger partial charge in [-0.25, -0.2) is 14.8 Å². The first-order chi connectivity index (χ1) is 15.2. The Morgan fingerprint density at radius 3 is 2.52 bits per heavy atom. The topological polar surface area (TPSA) is 73.3 Å². The number of carbonyl (C=O) groups is 1. The van der Waals surface area contributed by atoms with Gasteiger partial charge in [-0.3, -0.25) is 0 Å². The van der Waals surface area contributed by atoms with Gasteiger partial charge in [0.1, 0.15) is 22.7 Å². The zero-order valence-corrected chi connectivity index (χ0v) is 18.2. The molecule has 0 unspecified atom stereocenters. The van der Waals surface area contributed by atoms with Crippen molar-refractivity contribution in [3.8, 4) is 16.9 Å². The molecule has 0 saturated carbocycles. The summed E-state index contributed by atoms with van der Waals surface area (Å²) in [6.07, 6.45) is 2.35. The number of carbonyl (C=O) groups excluding carboxylic acids is 1. The van der Waals surface area contributed by atoms with Crippen LogP contribution in [0, 0.1) is 0 Å². The van der Waals surface area contributed by atoms with E-state index in [0.29, 0.717) is 18.8 Å². The molecule has 0 aliphatic carbocycles. The average molecular weight is 434 g/mol. The Bertz CT molecular complexity index is 1170. The Kier molecular flexibility index (Phi) is 6.43. The number of fused-ring (bicyclic) bond motifs is 1. The number of nitrogens with zero attached hydrogens (tertiary/aromatic N) is 2. The van der Waals surface area contributed by atoms with Crippen molar-refractivity contribution in [2.75, 3.05) is 18.5 Å². The normalized spacial score (nSPS) is 10.8. The minimum Gasteiger partial charge on any atom is -0.494 e. The molecule has 0 aliphatic heterocycles. The summed E-state index contributed by atoms with van der Waals surface area (Å²) in [5.41, 5.74) is 3.49. The molecule has 0 bridgehead atoms. The van der Waals surface area contributed by atoms with Crippen molar-refractivity contribution in [3.05, 3.63) is 65.8 Å². The van der Waals surface area contributed by atoms with Gasteiger partial charge in [-0.1, -0.05) is 19.1 Å². The number of anilines is 2. The molecule has 0 fully saturated rings. The number of esters is 1. The number of aromatic nitrogens is 2. The predicted molar refractivity (Wildman–Crippen MR) is 124 cm³/mol. The summed E-state index contributed by atoms with van der Waals surface area (Å²) in [4.78, 5) is 21.8. The maximum Gasteiger partial charge on any atom is 0.338 e. The van der Waals surface area contributed by atoms with Crippen LogP contribution in [0.1, 0.15) is 30.6 Å². The minimum absolute atomic E-state index is 0.312. The standard InChI is InChI=1S/C24H23N3O3S/c1-3-13-30-24(28)17-5-9-18(10-6-17)27-22-21-20(14-31-23(21)26-15-25-22)16-7-11-19(12-8-16)29-4-2/h5-12,14-15H,3-4,13H2,1-2H3,(H,25,26,27). The van der Waals surface area contributed by atoms with Crippen LogP contribution in [0.15, 0.2) is 60.2 Å². The van der Waals surface area contributed by atoms with Gasteiger partial charge in [-0.05, 0) is 55.3 Å². The van der Waals surface area contributed by atoms with Crippen molar-refractivity contribution in [1.29, 1.82) is 0 Å². The number of nitrogens with one attached hydrogen (secondary N) is 1. The number of benzene rings is 2. The maximum absolute atomic E-state index is 12.0. The minimum atomic E-state index is -0.312. The quantitative estimate of drug-likeness (QED) is 0.340. The van der Waals surface area contributed by atoms with Crippen LogP contribution in [0.5, 0.6) is 5.75 Å². The molecule has 7 heteroatoms. The summed E-state index contributed by atoms with van der Waals surface area (Å²) in [5, 5.41) is 6.41. The second-order valence-electron chi connectivity index (χ2n) is 6.85. The second-order valence-corrected chi connectivity index (χ2v) is 7.71. The molecule has 31 heavy (non-hydrogen) atoms. The van der Waals surface area contributed by atoms with E-state index in [-0.39, 0.29) is 5.97 Å². The summed E-state index contributed by atoms with van der Waals surface area (Å²) < 4.78 is 10.7. The lowest BCUT2D eigenvalue weighted by Crippen LogP contribution is -2.05. The molecular weight excluding hydrogens is 410 g/mol. The van der Waals surface area contributed by atoms with Gasteiger partial charge in [0, 0.05) is 16.6 Å². The Morgan fingerprint density at radius 2 is 1.81 bits per heavy atom. The molecule has 0 spiro atoms. The first-order valence-corrected chi connectivity index (χ1v) is 11.1. The lowest BCUT2D eigenvalue weighted by atomic mass is 10.1. The van der Waals surface area contributed by atoms with E-state index in [4.69, 9.17) is 9.47 Å². The van der Waals surface area contributed by atoms with E-state index in [1.807, 2.05) is 50.2 Å². The van der Waals surface area contributed by atoms with Crippen LogP contribution in [0.25, 0.3) is 21.3 Å². The van der Waals surface area contributed by atoms with E-state index in [9.17, 15) is 4.79 Å². The summed E-state index contributed by atoms with van der Waals surface area (Å²) >= 11 is 1.58. The summed E-state index contributed by atoms with van der Waals surface area (Å²) in [5.74, 6) is 1.25. The van der Waals surface area contributed by atoms with Crippen LogP contribution in [-0.4, -0.2) is 29.2 Å². The van der Waals surface area contributed by atoms with Crippen LogP contribution in [0.2, 0.25) is 0 Å². The van der Waals surface area contributed by atoms with Crippen LogP contribution in [-0.2, 0) is 4.74 Å². The molecule has 0 amide bonds. The van der Waals surface area contributed by atoms with E-state index >= 15 is 0 Å². The van der Waals surface area contributed by atoms with Crippen molar-refractivity contribution in [3.63, 3.8) is 0 Å². The molecule has 0 atom stereocenters. The van der Waals surface area contributed by atoms with Gasteiger partial charge < -0.3 is 14.8 Å². The summed E-state index contributed by atoms with van der Waals surface area (Å²) in [6, 6.07) is 15.2. The molecule has 0 saturated heterocycles. The third-order valence-electron chi connectivity index (χ3n) is 4.67. The third-order valence-corrected chi connectivity index (χ3v) is 5.55. The highest BCUT2D eigenvalue weighted by molar-refractivity contribution is 7.17. The number of ether oxygens (including phenoxy) is 2. The van der Waals surface area contributed by atoms with Gasteiger partial charge in [0.25, 0.3) is 0 Å². The largest absolute Gasteiger partial charge is 0.494 e. The number of rotatable bonds is 8. The Morgan fingerprint density at radius 1 is 1.03 bits per heavy atom. The highest BCUT2D eigenvalue weighted by atomic mass is 32.1. The van der Waals surface area contributed by atoms with Crippen molar-refractivity contribution < 1.29 is 14.3 Å². The lowest BCUT2D eigenvalue weighted by molar-refractivity contribution is 0.0505. The SMILES string of the molecule is CCCOC(=O)c1ccc(Nc2ncnc3scc(-c4ccc(OCC)cc4)c23)cc1. The predicted octanol–water partition coefficient (Wildman–Crippen LogP) is 6.07. The molecular formula is C24H23N3O3S. The van der Waals surface area contributed by atoms with Gasteiger partial charge in [-0.2, -0.15) is 0 Å². The summed E-state index contributed by atoms with van der Waals surface area (Å²) in [6.45, 7) is 4.99. The monoisotopic (exact) mass is 433 g/mol. The molecule has 4 rings (SSSR count). The molecule has 4 aromatic rings. The summed E-state index contributed by atoms with van der Waals surface area (Å²) in [7, 11) is 0. The molecule has 6 nitrogen and oxygen atoms in total. The van der Waals surface area contributed by atoms with Gasteiger partial charge in [0.15, 0.2) is 0 Å². The van der Waals surface area contributed by atoms with Crippen molar-refractivity contribution in [2.45, 2.75) is 20.3 Å². The molecule has 2 aromatic carbocycles. The highest BCUT2D eigenvalue weighted by Crippen LogP contribution is 2.37. The highest BCUT2D eigenvalue weighted by Gasteiger charge is 2.14. The lowest BCUT2D eigenvalue weighted by Gasteiger charge is -2.10. The van der Waals surface area contributed by atoms with Gasteiger partial charge in [0.05, 0.1) is 24.2 Å². The zero-order chi connectivity index (χ0) is 21.6. The van der Waals surface area contributed by atoms with Crippen LogP contribution in [0.4, 0.5) is 11.5 Å². The van der Waals surface area contributed by atoms with Gasteiger partial charge in [-0.15, -0.1) is 11.3 Å². The molecule has 2 aromatic heterocycles. The molecule has 1 N–H and O–H groups in total. The van der Waals surface area contributed by atoms with Crippen molar-refractivity contribution >= 4 is 39.0 Å². The smallest absolute Gasteiger partial charge is 0.338 e. The fourth-order valence-electron chi connectivity index (χ4n) is 3.18. The fourth-order valence-corrected chi connectivity index (χ4v) is 4.10. The van der Waals surface area contributed by atoms with E-state index in [0.717, 1.165) is 45.0 Å². The molecule has 2 heterocycles. The number of hydrogen-bond acceptors (Lipinski definition) is 7. The number of thiophene rings is 1. The average Bonchev–Trinajstić information content (AvgIpc) is 3.24. The van der Waals surface area contributed by atoms with E-state index < -0.39 is 0 Å². The molecule has 158 valence electrons. The molecule has 0 radical (unpaired) electrons. The van der Waals surface area contributed by atoms with E-state index in [1.54, 1.807) is 29.8 Å². The van der Waals surface area contributed by atoms with E-state index in [1.165, 1.54) is 0 Å².